The quantitative estimate of drug-likeness (QED) is 0.703. The molecule has 0 aliphatic carbocycles. The molecule has 0 saturated carbocycles. The molecule has 0 atom stereocenters. The van der Waals surface area contributed by atoms with Crippen LogP contribution in [0.25, 0.3) is 11.1 Å². The fourth-order valence-electron chi connectivity index (χ4n) is 4.90. The zero-order valence-corrected chi connectivity index (χ0v) is 19.8. The van der Waals surface area contributed by atoms with Crippen LogP contribution < -0.4 is 15.8 Å². The van der Waals surface area contributed by atoms with E-state index in [2.05, 4.69) is 64.2 Å². The first kappa shape index (κ1) is 23.1. The normalized spacial score (nSPS) is 14.2. The van der Waals surface area contributed by atoms with Gasteiger partial charge in [0.15, 0.2) is 0 Å². The average molecular weight is 424 g/mol. The Balaban J connectivity index is 1.87. The second-order valence-electron chi connectivity index (χ2n) is 10.4. The summed E-state index contributed by atoms with van der Waals surface area (Å²) in [6, 6.07) is 12.4. The van der Waals surface area contributed by atoms with Crippen LogP contribution in [0.5, 0.6) is 5.75 Å². The van der Waals surface area contributed by atoms with Crippen LogP contribution in [0.3, 0.4) is 0 Å². The van der Waals surface area contributed by atoms with Crippen molar-refractivity contribution in [3.8, 4) is 16.9 Å². The molecule has 1 aliphatic heterocycles. The minimum absolute atomic E-state index is 0.00495. The predicted octanol–water partition coefficient (Wildman–Crippen LogP) is 5.10. The first-order valence-electron chi connectivity index (χ1n) is 11.1. The lowest BCUT2D eigenvalue weighted by Gasteiger charge is -2.37. The molecule has 3 N–H and O–H groups in total. The van der Waals surface area contributed by atoms with Crippen molar-refractivity contribution in [2.45, 2.75) is 66.1 Å². The number of nitrogens with two attached hydrogens (primary N) is 1. The molecule has 0 radical (unpaired) electrons. The Bertz CT molecular complexity index is 944. The van der Waals surface area contributed by atoms with E-state index in [0.29, 0.717) is 19.6 Å². The van der Waals surface area contributed by atoms with Gasteiger partial charge in [-0.25, -0.2) is 4.79 Å². The minimum atomic E-state index is -0.269. The van der Waals surface area contributed by atoms with Crippen molar-refractivity contribution in [3.63, 3.8) is 0 Å². The maximum atomic E-state index is 13.1. The predicted molar refractivity (Wildman–Crippen MR) is 127 cm³/mol. The summed E-state index contributed by atoms with van der Waals surface area (Å²) in [5, 5.41) is 3.25. The molecule has 2 aromatic rings. The topological polar surface area (TPSA) is 67.6 Å². The number of benzene rings is 2. The molecule has 0 spiro atoms. The molecule has 168 valence electrons. The summed E-state index contributed by atoms with van der Waals surface area (Å²) in [6.45, 7) is 12.5. The molecule has 0 fully saturated rings. The molecule has 0 bridgehead atoms. The van der Waals surface area contributed by atoms with Gasteiger partial charge in [0, 0.05) is 25.2 Å². The standard InChI is InChI=1S/C26H37N3O2/c1-25(2,3)17-26(4,5)28-24(30)29-13-12-22-21(11-10-19(15-27)23(22)16-29)18-8-7-9-20(14-18)31-6/h7-11,14H,12-13,15-17,27H2,1-6H3,(H,28,30). The third-order valence-corrected chi connectivity index (χ3v) is 5.81. The molecule has 2 aromatic carbocycles. The van der Waals surface area contributed by atoms with E-state index in [1.807, 2.05) is 17.0 Å². The van der Waals surface area contributed by atoms with Gasteiger partial charge in [0.1, 0.15) is 5.75 Å². The summed E-state index contributed by atoms with van der Waals surface area (Å²) in [4.78, 5) is 15.0. The number of ether oxygens (including phenoxy) is 1. The first-order chi connectivity index (χ1) is 14.5. The van der Waals surface area contributed by atoms with Crippen LogP contribution in [0.15, 0.2) is 36.4 Å². The monoisotopic (exact) mass is 423 g/mol. The SMILES string of the molecule is COc1cccc(-c2ccc(CN)c3c2CCN(C(=O)NC(C)(C)CC(C)(C)C)C3)c1. The molecule has 0 aromatic heterocycles. The lowest BCUT2D eigenvalue weighted by atomic mass is 9.82. The van der Waals surface area contributed by atoms with Crippen molar-refractivity contribution in [1.82, 2.24) is 10.2 Å². The lowest BCUT2D eigenvalue weighted by molar-refractivity contribution is 0.170. The molecule has 3 rings (SSSR count). The Hall–Kier alpha value is -2.53. The number of hydrogen-bond acceptors (Lipinski definition) is 3. The largest absolute Gasteiger partial charge is 0.497 e. The van der Waals surface area contributed by atoms with Crippen LogP contribution >= 0.6 is 0 Å². The van der Waals surface area contributed by atoms with Crippen molar-refractivity contribution >= 4 is 6.03 Å². The fraction of sp³-hybridized carbons (Fsp3) is 0.500. The molecule has 31 heavy (non-hydrogen) atoms. The maximum Gasteiger partial charge on any atom is 0.318 e. The minimum Gasteiger partial charge on any atom is -0.497 e. The van der Waals surface area contributed by atoms with Crippen molar-refractivity contribution in [3.05, 3.63) is 53.1 Å². The van der Waals surface area contributed by atoms with Gasteiger partial charge in [-0.3, -0.25) is 0 Å². The number of fused-ring (bicyclic) bond motifs is 1. The van der Waals surface area contributed by atoms with Crippen LogP contribution in [0.2, 0.25) is 0 Å². The highest BCUT2D eigenvalue weighted by Gasteiger charge is 2.31. The van der Waals surface area contributed by atoms with Gasteiger partial charge < -0.3 is 20.7 Å². The maximum absolute atomic E-state index is 13.1. The van der Waals surface area contributed by atoms with Gasteiger partial charge in [-0.2, -0.15) is 0 Å². The number of nitrogens with one attached hydrogen (secondary N) is 1. The lowest BCUT2D eigenvalue weighted by Crippen LogP contribution is -2.52. The Kier molecular flexibility index (Phi) is 6.65. The number of nitrogens with zero attached hydrogens (tertiary/aromatic N) is 1. The highest BCUT2D eigenvalue weighted by Crippen LogP contribution is 2.34. The van der Waals surface area contributed by atoms with Crippen LogP contribution in [0, 0.1) is 5.41 Å². The van der Waals surface area contributed by atoms with Crippen LogP contribution in [0.1, 0.15) is 57.7 Å². The van der Waals surface area contributed by atoms with E-state index in [-0.39, 0.29) is 17.0 Å². The van der Waals surface area contributed by atoms with Gasteiger partial charge in [0.2, 0.25) is 0 Å². The molecule has 0 unspecified atom stereocenters. The third kappa shape index (κ3) is 5.59. The Morgan fingerprint density at radius 3 is 2.52 bits per heavy atom. The van der Waals surface area contributed by atoms with Crippen LogP contribution in [0.4, 0.5) is 4.79 Å². The number of hydrogen-bond donors (Lipinski definition) is 2. The van der Waals surface area contributed by atoms with Gasteiger partial charge in [-0.05, 0) is 72.1 Å². The van der Waals surface area contributed by atoms with Crippen LogP contribution in [-0.4, -0.2) is 30.1 Å². The summed E-state index contributed by atoms with van der Waals surface area (Å²) in [5.74, 6) is 0.840. The van der Waals surface area contributed by atoms with E-state index < -0.39 is 0 Å². The first-order valence-corrected chi connectivity index (χ1v) is 11.1. The van der Waals surface area contributed by atoms with Crippen LogP contribution in [-0.2, 0) is 19.5 Å². The summed E-state index contributed by atoms with van der Waals surface area (Å²) in [6.07, 6.45) is 1.72. The summed E-state index contributed by atoms with van der Waals surface area (Å²) in [5.41, 5.74) is 11.8. The Labute approximate surface area is 187 Å². The van der Waals surface area contributed by atoms with Gasteiger partial charge in [0.05, 0.1) is 7.11 Å². The highest BCUT2D eigenvalue weighted by atomic mass is 16.5. The van der Waals surface area contributed by atoms with Crippen molar-refractivity contribution in [2.75, 3.05) is 13.7 Å². The van der Waals surface area contributed by atoms with Gasteiger partial charge in [-0.15, -0.1) is 0 Å². The zero-order chi connectivity index (χ0) is 22.8. The molecule has 5 heteroatoms. The van der Waals surface area contributed by atoms with Gasteiger partial charge in [0.25, 0.3) is 0 Å². The highest BCUT2D eigenvalue weighted by molar-refractivity contribution is 5.77. The summed E-state index contributed by atoms with van der Waals surface area (Å²) >= 11 is 0. The van der Waals surface area contributed by atoms with E-state index in [1.165, 1.54) is 16.7 Å². The number of carbonyl (C=O) groups excluding carboxylic acids is 1. The summed E-state index contributed by atoms with van der Waals surface area (Å²) < 4.78 is 5.41. The number of rotatable bonds is 5. The third-order valence-electron chi connectivity index (χ3n) is 5.81. The Morgan fingerprint density at radius 2 is 1.87 bits per heavy atom. The smallest absolute Gasteiger partial charge is 0.318 e. The second kappa shape index (κ2) is 8.91. The number of carbonyl (C=O) groups is 1. The average Bonchev–Trinajstić information content (AvgIpc) is 2.70. The van der Waals surface area contributed by atoms with Gasteiger partial charge >= 0.3 is 6.03 Å². The van der Waals surface area contributed by atoms with E-state index in [0.717, 1.165) is 29.7 Å². The van der Waals surface area contributed by atoms with E-state index in [1.54, 1.807) is 7.11 Å². The zero-order valence-electron chi connectivity index (χ0n) is 19.8. The van der Waals surface area contributed by atoms with E-state index in [9.17, 15) is 4.79 Å². The van der Waals surface area contributed by atoms with Crippen molar-refractivity contribution < 1.29 is 9.53 Å². The number of methoxy groups -OCH3 is 1. The molecule has 5 nitrogen and oxygen atoms in total. The molecule has 2 amide bonds. The molecular formula is C26H37N3O2. The molecular weight excluding hydrogens is 386 g/mol. The van der Waals surface area contributed by atoms with Crippen molar-refractivity contribution in [1.29, 1.82) is 0 Å². The molecule has 1 aliphatic rings. The fourth-order valence-corrected chi connectivity index (χ4v) is 4.90. The number of urea groups is 1. The molecule has 1 heterocycles. The molecule has 0 saturated heterocycles. The number of amides is 2. The van der Waals surface area contributed by atoms with E-state index >= 15 is 0 Å². The Morgan fingerprint density at radius 1 is 1.13 bits per heavy atom. The van der Waals surface area contributed by atoms with Gasteiger partial charge in [-0.1, -0.05) is 45.0 Å². The van der Waals surface area contributed by atoms with Crippen molar-refractivity contribution in [2.24, 2.45) is 11.1 Å². The van der Waals surface area contributed by atoms with E-state index in [4.69, 9.17) is 10.5 Å². The summed E-state index contributed by atoms with van der Waals surface area (Å²) in [7, 11) is 1.68. The second-order valence-corrected chi connectivity index (χ2v) is 10.4.